The maximum Gasteiger partial charge on any atom is 0.240 e. The highest BCUT2D eigenvalue weighted by molar-refractivity contribution is 7.89. The van der Waals surface area contributed by atoms with E-state index in [9.17, 15) is 8.42 Å². The molecule has 1 aliphatic carbocycles. The zero-order chi connectivity index (χ0) is 13.2. The van der Waals surface area contributed by atoms with Gasteiger partial charge in [0.15, 0.2) is 0 Å². The third-order valence-electron chi connectivity index (χ3n) is 3.36. The quantitative estimate of drug-likeness (QED) is 0.831. The molecule has 1 aliphatic rings. The summed E-state index contributed by atoms with van der Waals surface area (Å²) in [6.45, 7) is 2.11. The molecule has 5 heteroatoms. The van der Waals surface area contributed by atoms with Crippen LogP contribution in [0.5, 0.6) is 0 Å². The Morgan fingerprint density at radius 1 is 1.39 bits per heavy atom. The van der Waals surface area contributed by atoms with Gasteiger partial charge >= 0.3 is 0 Å². The highest BCUT2D eigenvalue weighted by Gasteiger charge is 2.25. The van der Waals surface area contributed by atoms with E-state index >= 15 is 0 Å². The number of anilines is 1. The monoisotopic (exact) mass is 268 g/mol. The number of sulfonamides is 1. The van der Waals surface area contributed by atoms with Crippen LogP contribution in [-0.4, -0.2) is 14.5 Å². The summed E-state index contributed by atoms with van der Waals surface area (Å²) in [4.78, 5) is 0.180. The van der Waals surface area contributed by atoms with Crippen LogP contribution in [0.15, 0.2) is 29.2 Å². The van der Waals surface area contributed by atoms with Gasteiger partial charge in [-0.3, -0.25) is 0 Å². The average Bonchev–Trinajstić information content (AvgIpc) is 3.11. The average molecular weight is 268 g/mol. The van der Waals surface area contributed by atoms with Crippen molar-refractivity contribution in [2.45, 2.75) is 43.5 Å². The second-order valence-electron chi connectivity index (χ2n) is 4.97. The van der Waals surface area contributed by atoms with Crippen LogP contribution in [0.1, 0.15) is 32.6 Å². The van der Waals surface area contributed by atoms with E-state index in [1.807, 2.05) is 6.07 Å². The first-order chi connectivity index (χ1) is 8.50. The maximum atomic E-state index is 11.5. The third-order valence-corrected chi connectivity index (χ3v) is 4.33. The Balaban J connectivity index is 2.16. The summed E-state index contributed by atoms with van der Waals surface area (Å²) in [5.74, 6) is 0.809. The van der Waals surface area contributed by atoms with Gasteiger partial charge in [0, 0.05) is 6.04 Å². The van der Waals surface area contributed by atoms with Gasteiger partial charge in [-0.15, -0.1) is 0 Å². The largest absolute Gasteiger partial charge is 0.381 e. The number of nitrogens with two attached hydrogens (primary N) is 1. The first-order valence-electron chi connectivity index (χ1n) is 6.39. The number of primary sulfonamides is 1. The van der Waals surface area contributed by atoms with Crippen molar-refractivity contribution in [3.8, 4) is 0 Å². The Morgan fingerprint density at radius 2 is 2.06 bits per heavy atom. The Hall–Kier alpha value is -1.07. The highest BCUT2D eigenvalue weighted by Crippen LogP contribution is 2.35. The van der Waals surface area contributed by atoms with Crippen LogP contribution in [0.2, 0.25) is 0 Å². The number of nitrogens with one attached hydrogen (secondary N) is 1. The van der Waals surface area contributed by atoms with Crippen LogP contribution in [-0.2, 0) is 10.0 Å². The Kier molecular flexibility index (Phi) is 3.92. The van der Waals surface area contributed by atoms with Crippen molar-refractivity contribution in [3.63, 3.8) is 0 Å². The van der Waals surface area contributed by atoms with E-state index in [0.717, 1.165) is 18.8 Å². The molecule has 0 amide bonds. The van der Waals surface area contributed by atoms with E-state index in [4.69, 9.17) is 5.14 Å². The van der Waals surface area contributed by atoms with Crippen LogP contribution >= 0.6 is 0 Å². The predicted octanol–water partition coefficient (Wildman–Crippen LogP) is 2.32. The second-order valence-corrected chi connectivity index (χ2v) is 6.50. The molecular formula is C13H20N2O2S. The zero-order valence-corrected chi connectivity index (χ0v) is 11.4. The summed E-state index contributed by atoms with van der Waals surface area (Å²) >= 11 is 0. The molecule has 2 rings (SSSR count). The first kappa shape index (κ1) is 13.4. The van der Waals surface area contributed by atoms with Gasteiger partial charge in [0.25, 0.3) is 0 Å². The van der Waals surface area contributed by atoms with Crippen molar-refractivity contribution in [1.29, 1.82) is 0 Å². The number of rotatable bonds is 6. The van der Waals surface area contributed by atoms with E-state index in [-0.39, 0.29) is 4.90 Å². The molecule has 1 aromatic rings. The molecule has 1 saturated carbocycles. The van der Waals surface area contributed by atoms with Crippen molar-refractivity contribution in [3.05, 3.63) is 24.3 Å². The molecule has 1 unspecified atom stereocenters. The van der Waals surface area contributed by atoms with Gasteiger partial charge in [0.05, 0.1) is 5.69 Å². The van der Waals surface area contributed by atoms with Crippen molar-refractivity contribution in [2.75, 3.05) is 5.32 Å². The van der Waals surface area contributed by atoms with Crippen molar-refractivity contribution in [2.24, 2.45) is 11.1 Å². The molecule has 18 heavy (non-hydrogen) atoms. The fourth-order valence-corrected chi connectivity index (χ4v) is 2.84. The van der Waals surface area contributed by atoms with Gasteiger partial charge in [-0.25, -0.2) is 13.6 Å². The number of benzene rings is 1. The van der Waals surface area contributed by atoms with Gasteiger partial charge in [-0.05, 0) is 30.9 Å². The van der Waals surface area contributed by atoms with E-state index in [2.05, 4.69) is 12.2 Å². The Labute approximate surface area is 109 Å². The first-order valence-corrected chi connectivity index (χ1v) is 7.93. The normalized spacial score (nSPS) is 17.4. The maximum absolute atomic E-state index is 11.5. The summed E-state index contributed by atoms with van der Waals surface area (Å²) < 4.78 is 23.0. The minimum atomic E-state index is -3.66. The molecular weight excluding hydrogens is 248 g/mol. The van der Waals surface area contributed by atoms with E-state index in [0.29, 0.717) is 11.7 Å². The fraction of sp³-hybridized carbons (Fsp3) is 0.538. The molecule has 0 saturated heterocycles. The molecule has 0 aliphatic heterocycles. The van der Waals surface area contributed by atoms with Crippen molar-refractivity contribution < 1.29 is 8.42 Å². The molecule has 1 aromatic carbocycles. The minimum Gasteiger partial charge on any atom is -0.381 e. The Bertz CT molecular complexity index is 509. The molecule has 0 aromatic heterocycles. The topological polar surface area (TPSA) is 72.2 Å². The summed E-state index contributed by atoms with van der Waals surface area (Å²) in [5, 5.41) is 8.54. The Morgan fingerprint density at radius 3 is 2.61 bits per heavy atom. The van der Waals surface area contributed by atoms with E-state index < -0.39 is 10.0 Å². The fourth-order valence-electron chi connectivity index (χ4n) is 2.14. The molecule has 0 bridgehead atoms. The van der Waals surface area contributed by atoms with Gasteiger partial charge < -0.3 is 5.32 Å². The summed E-state index contributed by atoms with van der Waals surface area (Å²) in [7, 11) is -3.66. The van der Waals surface area contributed by atoms with E-state index in [1.165, 1.54) is 12.8 Å². The third kappa shape index (κ3) is 3.46. The van der Waals surface area contributed by atoms with Crippen LogP contribution < -0.4 is 10.5 Å². The number of hydrogen-bond acceptors (Lipinski definition) is 3. The molecule has 4 nitrogen and oxygen atoms in total. The molecule has 100 valence electrons. The lowest BCUT2D eigenvalue weighted by atomic mass is 10.1. The number of hydrogen-bond donors (Lipinski definition) is 2. The van der Waals surface area contributed by atoms with Gasteiger partial charge in [-0.1, -0.05) is 31.9 Å². The van der Waals surface area contributed by atoms with Crippen LogP contribution in [0.3, 0.4) is 0 Å². The van der Waals surface area contributed by atoms with Crippen molar-refractivity contribution >= 4 is 15.7 Å². The van der Waals surface area contributed by atoms with Crippen LogP contribution in [0, 0.1) is 5.92 Å². The van der Waals surface area contributed by atoms with Gasteiger partial charge in [0.1, 0.15) is 4.90 Å². The molecule has 3 N–H and O–H groups in total. The lowest BCUT2D eigenvalue weighted by molar-refractivity contribution is 0.583. The van der Waals surface area contributed by atoms with Gasteiger partial charge in [0.2, 0.25) is 10.0 Å². The zero-order valence-electron chi connectivity index (χ0n) is 10.6. The summed E-state index contributed by atoms with van der Waals surface area (Å²) in [6.07, 6.45) is 4.69. The van der Waals surface area contributed by atoms with Crippen LogP contribution in [0.25, 0.3) is 0 Å². The number of para-hydroxylation sites is 1. The predicted molar refractivity (Wildman–Crippen MR) is 72.9 cm³/mol. The molecule has 1 atom stereocenters. The SMILES string of the molecule is CCC(CC1CC1)Nc1ccccc1S(N)(=O)=O. The molecule has 0 radical (unpaired) electrons. The standard InChI is InChI=1S/C13H20N2O2S/c1-2-11(9-10-7-8-10)15-12-5-3-4-6-13(12)18(14,16)17/h3-6,10-11,15H,2,7-9H2,1H3,(H2,14,16,17). The van der Waals surface area contributed by atoms with Gasteiger partial charge in [-0.2, -0.15) is 0 Å². The summed E-state index contributed by atoms with van der Waals surface area (Å²) in [5.41, 5.74) is 0.618. The van der Waals surface area contributed by atoms with E-state index in [1.54, 1.807) is 18.2 Å². The molecule has 0 heterocycles. The smallest absolute Gasteiger partial charge is 0.240 e. The summed E-state index contributed by atoms with van der Waals surface area (Å²) in [6, 6.07) is 7.14. The lowest BCUT2D eigenvalue weighted by Gasteiger charge is -2.19. The minimum absolute atomic E-state index is 0.180. The molecule has 1 fully saturated rings. The highest BCUT2D eigenvalue weighted by atomic mass is 32.2. The second kappa shape index (κ2) is 5.28. The molecule has 0 spiro atoms. The van der Waals surface area contributed by atoms with Crippen molar-refractivity contribution in [1.82, 2.24) is 0 Å². The lowest BCUT2D eigenvalue weighted by Crippen LogP contribution is -2.22. The van der Waals surface area contributed by atoms with Crippen LogP contribution in [0.4, 0.5) is 5.69 Å².